The molecule has 0 amide bonds. The number of fused-ring (bicyclic) bond motifs is 1. The van der Waals surface area contributed by atoms with Crippen LogP contribution in [0.1, 0.15) is 5.69 Å². The molecule has 2 aromatic heterocycles. The van der Waals surface area contributed by atoms with Crippen molar-refractivity contribution in [1.29, 1.82) is 0 Å². The largest absolute Gasteiger partial charge is 0.328 e. The van der Waals surface area contributed by atoms with Crippen molar-refractivity contribution in [3.05, 3.63) is 52.8 Å². The minimum atomic E-state index is 0.383. The van der Waals surface area contributed by atoms with Gasteiger partial charge in [0.25, 0.3) is 0 Å². The highest BCUT2D eigenvalue weighted by molar-refractivity contribution is 9.10. The molecule has 0 unspecified atom stereocenters. The third kappa shape index (κ3) is 2.17. The number of aromatic nitrogens is 3. The highest BCUT2D eigenvalue weighted by atomic mass is 79.9. The number of hydrogen-bond donors (Lipinski definition) is 1. The molecule has 0 aliphatic carbocycles. The Kier molecular flexibility index (Phi) is 3.42. The number of benzene rings is 1. The minimum Gasteiger partial charge on any atom is -0.328 e. The van der Waals surface area contributed by atoms with E-state index in [0.29, 0.717) is 6.54 Å². The van der Waals surface area contributed by atoms with E-state index in [-0.39, 0.29) is 0 Å². The van der Waals surface area contributed by atoms with Crippen LogP contribution in [-0.2, 0) is 6.54 Å². The lowest BCUT2D eigenvalue weighted by Crippen LogP contribution is -2.12. The smallest absolute Gasteiger partial charge is 0.155 e. The molecule has 3 rings (SSSR count). The van der Waals surface area contributed by atoms with Crippen LogP contribution in [0.4, 0.5) is 11.5 Å². The minimum absolute atomic E-state index is 0.383. The summed E-state index contributed by atoms with van der Waals surface area (Å²) in [6.45, 7) is 0.383. The Morgan fingerprint density at radius 3 is 2.65 bits per heavy atom. The van der Waals surface area contributed by atoms with Crippen molar-refractivity contribution < 1.29 is 0 Å². The van der Waals surface area contributed by atoms with Crippen LogP contribution in [-0.4, -0.2) is 21.6 Å². The van der Waals surface area contributed by atoms with Crippen molar-refractivity contribution in [2.75, 3.05) is 11.9 Å². The van der Waals surface area contributed by atoms with Gasteiger partial charge in [0.15, 0.2) is 11.5 Å². The molecule has 0 saturated carbocycles. The summed E-state index contributed by atoms with van der Waals surface area (Å²) in [5, 5.41) is 4.60. The van der Waals surface area contributed by atoms with Crippen molar-refractivity contribution in [2.45, 2.75) is 6.54 Å². The van der Waals surface area contributed by atoms with Crippen LogP contribution in [0.3, 0.4) is 0 Å². The fourth-order valence-electron chi connectivity index (χ4n) is 2.04. The standard InChI is InChI=1S/C14H14BrN5/c1-19(10-5-3-2-4-6-10)13-8-7-12-17-11(9-16)14(15)20(12)18-13/h2-8H,9,16H2,1H3. The van der Waals surface area contributed by atoms with Gasteiger partial charge in [-0.3, -0.25) is 0 Å². The molecule has 102 valence electrons. The van der Waals surface area contributed by atoms with E-state index in [4.69, 9.17) is 5.73 Å². The normalized spacial score (nSPS) is 10.9. The topological polar surface area (TPSA) is 59.5 Å². The maximum Gasteiger partial charge on any atom is 0.155 e. The predicted molar refractivity (Wildman–Crippen MR) is 83.1 cm³/mol. The lowest BCUT2D eigenvalue weighted by Gasteiger charge is -2.17. The molecule has 2 heterocycles. The van der Waals surface area contributed by atoms with E-state index in [2.05, 4.69) is 26.0 Å². The Morgan fingerprint density at radius 1 is 1.20 bits per heavy atom. The molecule has 20 heavy (non-hydrogen) atoms. The maximum absolute atomic E-state index is 5.66. The number of halogens is 1. The highest BCUT2D eigenvalue weighted by Crippen LogP contribution is 2.23. The molecule has 0 aliphatic heterocycles. The Hall–Kier alpha value is -1.92. The second kappa shape index (κ2) is 5.22. The molecule has 5 nitrogen and oxygen atoms in total. The molecule has 0 saturated heterocycles. The van der Waals surface area contributed by atoms with Crippen LogP contribution >= 0.6 is 15.9 Å². The van der Waals surface area contributed by atoms with Crippen LogP contribution < -0.4 is 10.6 Å². The van der Waals surface area contributed by atoms with Gasteiger partial charge in [0, 0.05) is 19.3 Å². The van der Waals surface area contributed by atoms with Gasteiger partial charge in [-0.25, -0.2) is 9.50 Å². The molecular formula is C14H14BrN5. The number of imidazole rings is 1. The Morgan fingerprint density at radius 2 is 1.95 bits per heavy atom. The third-order valence-corrected chi connectivity index (χ3v) is 3.95. The lowest BCUT2D eigenvalue weighted by atomic mass is 10.3. The van der Waals surface area contributed by atoms with Crippen LogP contribution in [0.25, 0.3) is 5.65 Å². The first-order valence-electron chi connectivity index (χ1n) is 6.23. The maximum atomic E-state index is 5.66. The molecule has 0 aliphatic rings. The molecule has 0 bridgehead atoms. The summed E-state index contributed by atoms with van der Waals surface area (Å²) in [7, 11) is 1.98. The second-order valence-corrected chi connectivity index (χ2v) is 5.16. The number of para-hydroxylation sites is 1. The van der Waals surface area contributed by atoms with Crippen LogP contribution in [0.15, 0.2) is 47.1 Å². The Labute approximate surface area is 125 Å². The summed E-state index contributed by atoms with van der Waals surface area (Å²) >= 11 is 3.49. The van der Waals surface area contributed by atoms with Gasteiger partial charge in [-0.05, 0) is 40.2 Å². The molecule has 3 aromatic rings. The molecule has 1 aromatic carbocycles. The number of anilines is 2. The summed E-state index contributed by atoms with van der Waals surface area (Å²) in [5.41, 5.74) is 8.32. The van der Waals surface area contributed by atoms with Crippen LogP contribution in [0.2, 0.25) is 0 Å². The molecule has 0 spiro atoms. The predicted octanol–water partition coefficient (Wildman–Crippen LogP) is 2.72. The molecule has 0 fully saturated rings. The van der Waals surface area contributed by atoms with Crippen LogP contribution in [0.5, 0.6) is 0 Å². The highest BCUT2D eigenvalue weighted by Gasteiger charge is 2.12. The Bertz CT molecular complexity index is 738. The van der Waals surface area contributed by atoms with E-state index >= 15 is 0 Å². The Balaban J connectivity index is 2.07. The molecular weight excluding hydrogens is 318 g/mol. The number of rotatable bonds is 3. The average molecular weight is 332 g/mol. The first-order chi connectivity index (χ1) is 9.70. The van der Waals surface area contributed by atoms with Crippen LogP contribution in [0, 0.1) is 0 Å². The van der Waals surface area contributed by atoms with E-state index in [1.54, 1.807) is 4.52 Å². The summed E-state index contributed by atoms with van der Waals surface area (Å²) in [4.78, 5) is 6.44. The van der Waals surface area contributed by atoms with Crippen molar-refractivity contribution in [3.63, 3.8) is 0 Å². The number of hydrogen-bond acceptors (Lipinski definition) is 4. The first-order valence-corrected chi connectivity index (χ1v) is 7.03. The van der Waals surface area contributed by atoms with Crippen molar-refractivity contribution >= 4 is 33.1 Å². The summed E-state index contributed by atoms with van der Waals surface area (Å²) in [6.07, 6.45) is 0. The zero-order valence-electron chi connectivity index (χ0n) is 11.0. The van der Waals surface area contributed by atoms with Gasteiger partial charge >= 0.3 is 0 Å². The average Bonchev–Trinajstić information content (AvgIpc) is 2.83. The number of nitrogens with zero attached hydrogens (tertiary/aromatic N) is 4. The van der Waals surface area contributed by atoms with Gasteiger partial charge in [0.1, 0.15) is 4.60 Å². The SMILES string of the molecule is CN(c1ccccc1)c1ccc2nc(CN)c(Br)n2n1. The third-order valence-electron chi connectivity index (χ3n) is 3.16. The van der Waals surface area contributed by atoms with Gasteiger partial charge < -0.3 is 10.6 Å². The van der Waals surface area contributed by atoms with Crippen molar-refractivity contribution in [3.8, 4) is 0 Å². The lowest BCUT2D eigenvalue weighted by molar-refractivity contribution is 0.888. The van der Waals surface area contributed by atoms with Gasteiger partial charge in [0.05, 0.1) is 5.69 Å². The van der Waals surface area contributed by atoms with E-state index < -0.39 is 0 Å². The summed E-state index contributed by atoms with van der Waals surface area (Å²) < 4.78 is 2.56. The zero-order chi connectivity index (χ0) is 14.1. The second-order valence-electron chi connectivity index (χ2n) is 4.41. The molecule has 0 atom stereocenters. The first kappa shape index (κ1) is 13.1. The van der Waals surface area contributed by atoms with Gasteiger partial charge in [-0.1, -0.05) is 18.2 Å². The fraction of sp³-hybridized carbons (Fsp3) is 0.143. The quantitative estimate of drug-likeness (QED) is 0.801. The van der Waals surface area contributed by atoms with Crippen molar-refractivity contribution in [2.24, 2.45) is 5.73 Å². The number of nitrogens with two attached hydrogens (primary N) is 1. The zero-order valence-corrected chi connectivity index (χ0v) is 12.6. The molecule has 2 N–H and O–H groups in total. The molecule has 0 radical (unpaired) electrons. The van der Waals surface area contributed by atoms with E-state index in [0.717, 1.165) is 27.4 Å². The van der Waals surface area contributed by atoms with Gasteiger partial charge in [-0.2, -0.15) is 0 Å². The monoisotopic (exact) mass is 331 g/mol. The summed E-state index contributed by atoms with van der Waals surface area (Å²) in [6, 6.07) is 14.0. The van der Waals surface area contributed by atoms with E-state index in [9.17, 15) is 0 Å². The fourth-order valence-corrected chi connectivity index (χ4v) is 2.55. The van der Waals surface area contributed by atoms with Crippen molar-refractivity contribution in [1.82, 2.24) is 14.6 Å². The molecule has 6 heteroatoms. The van der Waals surface area contributed by atoms with E-state index in [1.165, 1.54) is 0 Å². The van der Waals surface area contributed by atoms with Gasteiger partial charge in [0.2, 0.25) is 0 Å². The summed E-state index contributed by atoms with van der Waals surface area (Å²) in [5.74, 6) is 0.838. The van der Waals surface area contributed by atoms with E-state index in [1.807, 2.05) is 54.4 Å². The van der Waals surface area contributed by atoms with Gasteiger partial charge in [-0.15, -0.1) is 5.10 Å².